The average molecular weight is 324 g/mol. The number of carbonyl (C=O) groups is 1. The predicted molar refractivity (Wildman–Crippen MR) is 95.4 cm³/mol. The second-order valence-corrected chi connectivity index (χ2v) is 5.27. The average Bonchev–Trinajstić information content (AvgIpc) is 2.59. The van der Waals surface area contributed by atoms with E-state index in [0.29, 0.717) is 22.6 Å². The van der Waals surface area contributed by atoms with E-state index in [-0.39, 0.29) is 5.57 Å². The standard InChI is InChI=1S/C20H20O4/c1-13-7-5-6-8-16(13)17(20(21)22)11-14(2)15-9-10-18(23-3)19(12-15)24-4/h5-12H,2H2,1,3-4H3,(H,21,22)/b17-11+. The molecule has 0 saturated carbocycles. The lowest BCUT2D eigenvalue weighted by Crippen LogP contribution is -2.02. The Hall–Kier alpha value is -3.01. The van der Waals surface area contributed by atoms with E-state index in [2.05, 4.69) is 6.58 Å². The fraction of sp³-hybridized carbons (Fsp3) is 0.150. The number of ether oxygens (including phenoxy) is 2. The first-order chi connectivity index (χ1) is 11.5. The zero-order valence-corrected chi connectivity index (χ0v) is 14.0. The number of benzene rings is 2. The van der Waals surface area contributed by atoms with Crippen molar-refractivity contribution in [1.82, 2.24) is 0 Å². The van der Waals surface area contributed by atoms with Crippen molar-refractivity contribution in [2.75, 3.05) is 14.2 Å². The highest BCUT2D eigenvalue weighted by Crippen LogP contribution is 2.31. The summed E-state index contributed by atoms with van der Waals surface area (Å²) in [5.74, 6) is 0.179. The fourth-order valence-corrected chi connectivity index (χ4v) is 2.42. The SMILES string of the molecule is C=C(/C=C(/C(=O)O)c1ccccc1C)c1ccc(OC)c(OC)c1. The molecule has 1 N–H and O–H groups in total. The normalized spacial score (nSPS) is 11.0. The van der Waals surface area contributed by atoms with Crippen molar-refractivity contribution >= 4 is 17.1 Å². The van der Waals surface area contributed by atoms with Gasteiger partial charge in [-0.3, -0.25) is 0 Å². The van der Waals surface area contributed by atoms with E-state index < -0.39 is 5.97 Å². The minimum atomic E-state index is -0.995. The van der Waals surface area contributed by atoms with Crippen molar-refractivity contribution in [3.05, 3.63) is 71.8 Å². The number of methoxy groups -OCH3 is 2. The predicted octanol–water partition coefficient (Wildman–Crippen LogP) is 4.19. The summed E-state index contributed by atoms with van der Waals surface area (Å²) in [7, 11) is 3.11. The van der Waals surface area contributed by atoms with Gasteiger partial charge in [-0.2, -0.15) is 0 Å². The van der Waals surface area contributed by atoms with Gasteiger partial charge in [-0.25, -0.2) is 4.79 Å². The van der Waals surface area contributed by atoms with Gasteiger partial charge in [0, 0.05) is 0 Å². The molecule has 4 heteroatoms. The summed E-state index contributed by atoms with van der Waals surface area (Å²) in [6, 6.07) is 12.7. The molecule has 0 aromatic heterocycles. The molecule has 0 amide bonds. The van der Waals surface area contributed by atoms with Gasteiger partial charge in [0.2, 0.25) is 0 Å². The maximum atomic E-state index is 11.7. The smallest absolute Gasteiger partial charge is 0.336 e. The molecule has 0 aliphatic rings. The second kappa shape index (κ2) is 7.51. The van der Waals surface area contributed by atoms with Crippen molar-refractivity contribution in [3.63, 3.8) is 0 Å². The van der Waals surface area contributed by atoms with E-state index in [4.69, 9.17) is 9.47 Å². The molecule has 0 saturated heterocycles. The summed E-state index contributed by atoms with van der Waals surface area (Å²) in [4.78, 5) is 11.7. The number of aliphatic carboxylic acids is 1. The number of hydrogen-bond acceptors (Lipinski definition) is 3. The largest absolute Gasteiger partial charge is 0.493 e. The minimum absolute atomic E-state index is 0.202. The Bertz CT molecular complexity index is 803. The van der Waals surface area contributed by atoms with Crippen LogP contribution in [-0.2, 0) is 4.79 Å². The summed E-state index contributed by atoms with van der Waals surface area (Å²) in [6.07, 6.45) is 1.58. The van der Waals surface area contributed by atoms with E-state index in [0.717, 1.165) is 11.1 Å². The first kappa shape index (κ1) is 17.3. The summed E-state index contributed by atoms with van der Waals surface area (Å²) in [5.41, 5.74) is 3.11. The number of carboxylic acids is 1. The van der Waals surface area contributed by atoms with Crippen LogP contribution in [0.3, 0.4) is 0 Å². The van der Waals surface area contributed by atoms with Crippen LogP contribution >= 0.6 is 0 Å². The first-order valence-corrected chi connectivity index (χ1v) is 7.40. The highest BCUT2D eigenvalue weighted by molar-refractivity contribution is 6.18. The second-order valence-electron chi connectivity index (χ2n) is 5.27. The van der Waals surface area contributed by atoms with E-state index >= 15 is 0 Å². The lowest BCUT2D eigenvalue weighted by atomic mass is 9.96. The van der Waals surface area contributed by atoms with Gasteiger partial charge in [-0.1, -0.05) is 36.9 Å². The molecule has 0 radical (unpaired) electrons. The van der Waals surface area contributed by atoms with Gasteiger partial charge in [0.1, 0.15) is 0 Å². The molecule has 2 rings (SSSR count). The molecule has 0 unspecified atom stereocenters. The Labute approximate surface area is 141 Å². The van der Waals surface area contributed by atoms with Crippen LogP contribution in [0.15, 0.2) is 55.1 Å². The van der Waals surface area contributed by atoms with Gasteiger partial charge in [-0.15, -0.1) is 0 Å². The van der Waals surface area contributed by atoms with Gasteiger partial charge >= 0.3 is 5.97 Å². The third kappa shape index (κ3) is 3.66. The van der Waals surface area contributed by atoms with Crippen molar-refractivity contribution in [2.45, 2.75) is 6.92 Å². The van der Waals surface area contributed by atoms with Gasteiger partial charge in [0.15, 0.2) is 11.5 Å². The molecular formula is C20H20O4. The molecular weight excluding hydrogens is 304 g/mol. The van der Waals surface area contributed by atoms with E-state index in [1.165, 1.54) is 0 Å². The van der Waals surface area contributed by atoms with Crippen LogP contribution in [-0.4, -0.2) is 25.3 Å². The molecule has 0 heterocycles. The number of carboxylic acid groups (broad SMARTS) is 1. The Morgan fingerprint density at radius 1 is 1.08 bits per heavy atom. The zero-order chi connectivity index (χ0) is 17.7. The van der Waals surface area contributed by atoms with Gasteiger partial charge in [-0.05, 0) is 47.4 Å². The molecule has 0 aliphatic heterocycles. The van der Waals surface area contributed by atoms with Crippen LogP contribution in [0.2, 0.25) is 0 Å². The molecule has 2 aromatic carbocycles. The van der Waals surface area contributed by atoms with Crippen LogP contribution in [0.1, 0.15) is 16.7 Å². The van der Waals surface area contributed by atoms with Gasteiger partial charge in [0.05, 0.1) is 19.8 Å². The number of allylic oxidation sites excluding steroid dienone is 2. The van der Waals surface area contributed by atoms with Gasteiger partial charge in [0.25, 0.3) is 0 Å². The third-order valence-corrected chi connectivity index (χ3v) is 3.74. The molecule has 24 heavy (non-hydrogen) atoms. The van der Waals surface area contributed by atoms with Crippen molar-refractivity contribution < 1.29 is 19.4 Å². The molecule has 124 valence electrons. The number of rotatable bonds is 6. The van der Waals surface area contributed by atoms with E-state index in [1.54, 1.807) is 38.5 Å². The molecule has 0 aliphatic carbocycles. The molecule has 0 bridgehead atoms. The summed E-state index contributed by atoms with van der Waals surface area (Å²) in [5, 5.41) is 9.58. The van der Waals surface area contributed by atoms with Crippen molar-refractivity contribution in [3.8, 4) is 11.5 Å². The summed E-state index contributed by atoms with van der Waals surface area (Å²) >= 11 is 0. The topological polar surface area (TPSA) is 55.8 Å². The molecule has 4 nitrogen and oxygen atoms in total. The Morgan fingerprint density at radius 3 is 2.33 bits per heavy atom. The summed E-state index contributed by atoms with van der Waals surface area (Å²) < 4.78 is 10.5. The van der Waals surface area contributed by atoms with Crippen molar-refractivity contribution in [1.29, 1.82) is 0 Å². The highest BCUT2D eigenvalue weighted by Gasteiger charge is 2.14. The minimum Gasteiger partial charge on any atom is -0.493 e. The van der Waals surface area contributed by atoms with Crippen LogP contribution in [0.5, 0.6) is 11.5 Å². The maximum absolute atomic E-state index is 11.7. The van der Waals surface area contributed by atoms with Crippen molar-refractivity contribution in [2.24, 2.45) is 0 Å². The molecule has 0 fully saturated rings. The lowest BCUT2D eigenvalue weighted by molar-refractivity contribution is -0.130. The fourth-order valence-electron chi connectivity index (χ4n) is 2.42. The van der Waals surface area contributed by atoms with Crippen LogP contribution in [0.4, 0.5) is 0 Å². The molecule has 0 spiro atoms. The molecule has 0 atom stereocenters. The summed E-state index contributed by atoms with van der Waals surface area (Å²) in [6.45, 7) is 5.88. The third-order valence-electron chi connectivity index (χ3n) is 3.74. The Balaban J connectivity index is 2.45. The number of hydrogen-bond donors (Lipinski definition) is 1. The number of aryl methyl sites for hydroxylation is 1. The Morgan fingerprint density at radius 2 is 1.75 bits per heavy atom. The van der Waals surface area contributed by atoms with Gasteiger partial charge < -0.3 is 14.6 Å². The Kier molecular flexibility index (Phi) is 5.42. The van der Waals surface area contributed by atoms with E-state index in [1.807, 2.05) is 31.2 Å². The van der Waals surface area contributed by atoms with Crippen LogP contribution < -0.4 is 9.47 Å². The zero-order valence-electron chi connectivity index (χ0n) is 14.0. The monoisotopic (exact) mass is 324 g/mol. The maximum Gasteiger partial charge on any atom is 0.336 e. The van der Waals surface area contributed by atoms with E-state index in [9.17, 15) is 9.90 Å². The highest BCUT2D eigenvalue weighted by atomic mass is 16.5. The first-order valence-electron chi connectivity index (χ1n) is 7.40. The van der Waals surface area contributed by atoms with Crippen LogP contribution in [0, 0.1) is 6.92 Å². The quantitative estimate of drug-likeness (QED) is 0.639. The lowest BCUT2D eigenvalue weighted by Gasteiger charge is -2.11. The van der Waals surface area contributed by atoms with Crippen LogP contribution in [0.25, 0.3) is 11.1 Å². The molecule has 2 aromatic rings.